The van der Waals surface area contributed by atoms with Crippen LogP contribution in [0.3, 0.4) is 0 Å². The molecular formula is C20H22N2O2. The minimum atomic E-state index is -0.321. The zero-order chi connectivity index (χ0) is 16.2. The Morgan fingerprint density at radius 1 is 1.38 bits per heavy atom. The maximum atomic E-state index is 13.7. The maximum Gasteiger partial charge on any atom is 0.150 e. The highest BCUT2D eigenvalue weighted by Gasteiger charge is 2.73. The Kier molecular flexibility index (Phi) is 2.27. The predicted molar refractivity (Wildman–Crippen MR) is 91.3 cm³/mol. The molecule has 1 N–H and O–H groups in total. The first kappa shape index (κ1) is 13.5. The average molecular weight is 322 g/mol. The Morgan fingerprint density at radius 3 is 3.04 bits per heavy atom. The molecule has 5 bridgehead atoms. The second kappa shape index (κ2) is 4.05. The zero-order valence-electron chi connectivity index (χ0n) is 14.1. The molecule has 0 radical (unpaired) electrons. The first-order chi connectivity index (χ1) is 11.7. The first-order valence-corrected chi connectivity index (χ1v) is 9.10. The monoisotopic (exact) mass is 322 g/mol. The molecule has 4 heteroatoms. The van der Waals surface area contributed by atoms with Gasteiger partial charge in [-0.3, -0.25) is 9.69 Å². The van der Waals surface area contributed by atoms with Gasteiger partial charge in [0.05, 0.1) is 24.3 Å². The molecule has 5 heterocycles. The normalized spacial score (nSPS) is 47.8. The molecule has 124 valence electrons. The molecule has 5 fully saturated rings. The van der Waals surface area contributed by atoms with Gasteiger partial charge in [0.1, 0.15) is 5.75 Å². The highest BCUT2D eigenvalue weighted by Crippen LogP contribution is 2.65. The van der Waals surface area contributed by atoms with Crippen molar-refractivity contribution in [3.8, 4) is 5.75 Å². The summed E-state index contributed by atoms with van der Waals surface area (Å²) in [4.78, 5) is 16.4. The molecule has 0 aromatic heterocycles. The number of anilines is 1. The van der Waals surface area contributed by atoms with Crippen LogP contribution in [0.1, 0.15) is 25.3 Å². The average Bonchev–Trinajstić information content (AvgIpc) is 3.08. The number of methoxy groups -OCH3 is 1. The summed E-state index contributed by atoms with van der Waals surface area (Å²) in [6.45, 7) is 3.19. The van der Waals surface area contributed by atoms with E-state index in [0.717, 1.165) is 30.8 Å². The molecule has 5 aliphatic heterocycles. The van der Waals surface area contributed by atoms with Crippen LogP contribution in [0.15, 0.2) is 29.8 Å². The van der Waals surface area contributed by atoms with E-state index in [1.165, 1.54) is 11.1 Å². The summed E-state index contributed by atoms with van der Waals surface area (Å²) in [6, 6.07) is 7.32. The van der Waals surface area contributed by atoms with Crippen LogP contribution in [0.25, 0.3) is 0 Å². The highest BCUT2D eigenvalue weighted by molar-refractivity contribution is 6.02. The molecule has 4 nitrogen and oxygen atoms in total. The zero-order valence-corrected chi connectivity index (χ0v) is 14.1. The summed E-state index contributed by atoms with van der Waals surface area (Å²) in [6.07, 6.45) is 4.37. The van der Waals surface area contributed by atoms with Crippen LogP contribution in [0, 0.1) is 11.8 Å². The smallest absolute Gasteiger partial charge is 0.150 e. The number of carbonyl (C=O) groups excluding carboxylic acids is 1. The van der Waals surface area contributed by atoms with Gasteiger partial charge in [-0.15, -0.1) is 0 Å². The molecule has 4 saturated heterocycles. The summed E-state index contributed by atoms with van der Waals surface area (Å²) >= 11 is 0. The molecule has 1 aliphatic carbocycles. The fourth-order valence-corrected chi connectivity index (χ4v) is 6.79. The van der Waals surface area contributed by atoms with Gasteiger partial charge in [-0.2, -0.15) is 0 Å². The van der Waals surface area contributed by atoms with Crippen molar-refractivity contribution in [2.24, 2.45) is 11.8 Å². The summed E-state index contributed by atoms with van der Waals surface area (Å²) in [7, 11) is 1.71. The molecule has 6 aliphatic rings. The molecule has 1 aromatic rings. The van der Waals surface area contributed by atoms with Crippen molar-refractivity contribution in [2.45, 2.75) is 43.3 Å². The number of ketones is 1. The second-order valence-corrected chi connectivity index (χ2v) is 8.08. The number of fused-ring (bicyclic) bond motifs is 2. The quantitative estimate of drug-likeness (QED) is 0.806. The SMILES string of the molecule is C/C=C1/CN2[C@H]3C[C@]45C(=O)[C@H]3[C@H]1C[C@H]2[C@@H]4Nc1c(OC)cccc15. The predicted octanol–water partition coefficient (Wildman–Crippen LogP) is 2.35. The summed E-state index contributed by atoms with van der Waals surface area (Å²) < 4.78 is 5.58. The number of nitrogens with one attached hydrogen (secondary N) is 1. The first-order valence-electron chi connectivity index (χ1n) is 9.10. The Morgan fingerprint density at radius 2 is 2.25 bits per heavy atom. The van der Waals surface area contributed by atoms with Gasteiger partial charge in [-0.25, -0.2) is 0 Å². The third-order valence-corrected chi connectivity index (χ3v) is 7.62. The summed E-state index contributed by atoms with van der Waals surface area (Å²) in [5.41, 5.74) is 3.43. The Bertz CT molecular complexity index is 816. The third-order valence-electron chi connectivity index (χ3n) is 7.62. The van der Waals surface area contributed by atoms with Gasteiger partial charge in [0.2, 0.25) is 0 Å². The van der Waals surface area contributed by atoms with Gasteiger partial charge in [0, 0.05) is 24.5 Å². The van der Waals surface area contributed by atoms with E-state index in [9.17, 15) is 4.79 Å². The van der Waals surface area contributed by atoms with Gasteiger partial charge in [-0.1, -0.05) is 23.8 Å². The van der Waals surface area contributed by atoms with Crippen LogP contribution in [0.4, 0.5) is 5.69 Å². The number of carbonyl (C=O) groups is 1. The van der Waals surface area contributed by atoms with Crippen molar-refractivity contribution in [2.75, 3.05) is 19.0 Å². The molecule has 1 unspecified atom stereocenters. The van der Waals surface area contributed by atoms with Crippen molar-refractivity contribution in [1.82, 2.24) is 4.90 Å². The number of hydrogen-bond donors (Lipinski definition) is 1. The van der Waals surface area contributed by atoms with E-state index in [2.05, 4.69) is 29.3 Å². The van der Waals surface area contributed by atoms with Crippen LogP contribution in [0.2, 0.25) is 0 Å². The fourth-order valence-electron chi connectivity index (χ4n) is 6.79. The number of rotatable bonds is 1. The molecule has 24 heavy (non-hydrogen) atoms. The summed E-state index contributed by atoms with van der Waals surface area (Å²) in [5.74, 6) is 2.04. The van der Waals surface area contributed by atoms with Gasteiger partial charge >= 0.3 is 0 Å². The molecular weight excluding hydrogens is 300 g/mol. The summed E-state index contributed by atoms with van der Waals surface area (Å²) in [5, 5.41) is 3.74. The van der Waals surface area contributed by atoms with Crippen LogP contribution in [-0.4, -0.2) is 42.5 Å². The molecule has 1 spiro atoms. The molecule has 0 amide bonds. The largest absolute Gasteiger partial charge is 0.495 e. The number of Topliss-reactive ketones (excluding diaryl/α,β-unsaturated/α-hetero) is 1. The molecule has 1 aromatic carbocycles. The van der Waals surface area contributed by atoms with E-state index in [1.54, 1.807) is 7.11 Å². The minimum Gasteiger partial charge on any atom is -0.495 e. The molecule has 7 rings (SSSR count). The Balaban J connectivity index is 1.59. The van der Waals surface area contributed by atoms with Crippen LogP contribution < -0.4 is 10.1 Å². The van der Waals surface area contributed by atoms with E-state index < -0.39 is 0 Å². The van der Waals surface area contributed by atoms with E-state index in [0.29, 0.717) is 23.8 Å². The van der Waals surface area contributed by atoms with E-state index in [1.807, 2.05) is 12.1 Å². The number of ether oxygens (including phenoxy) is 1. The minimum absolute atomic E-state index is 0.199. The lowest BCUT2D eigenvalue weighted by Crippen LogP contribution is -2.66. The van der Waals surface area contributed by atoms with Crippen molar-refractivity contribution >= 4 is 11.5 Å². The maximum absolute atomic E-state index is 13.7. The van der Waals surface area contributed by atoms with E-state index >= 15 is 0 Å². The molecule has 1 saturated carbocycles. The van der Waals surface area contributed by atoms with Crippen molar-refractivity contribution in [3.63, 3.8) is 0 Å². The highest BCUT2D eigenvalue weighted by atomic mass is 16.5. The lowest BCUT2D eigenvalue weighted by Gasteiger charge is -2.57. The van der Waals surface area contributed by atoms with Gasteiger partial charge in [0.15, 0.2) is 5.78 Å². The number of piperidine rings is 4. The number of para-hydroxylation sites is 1. The topological polar surface area (TPSA) is 41.6 Å². The Hall–Kier alpha value is -1.81. The van der Waals surface area contributed by atoms with Crippen LogP contribution in [0.5, 0.6) is 5.75 Å². The lowest BCUT2D eigenvalue weighted by atomic mass is 9.65. The van der Waals surface area contributed by atoms with Crippen LogP contribution in [-0.2, 0) is 10.2 Å². The van der Waals surface area contributed by atoms with E-state index in [4.69, 9.17) is 4.74 Å². The van der Waals surface area contributed by atoms with Crippen LogP contribution >= 0.6 is 0 Å². The Labute approximate surface area is 141 Å². The van der Waals surface area contributed by atoms with Crippen molar-refractivity contribution in [3.05, 3.63) is 35.4 Å². The van der Waals surface area contributed by atoms with Gasteiger partial charge < -0.3 is 10.1 Å². The van der Waals surface area contributed by atoms with E-state index in [-0.39, 0.29) is 17.4 Å². The fraction of sp³-hybridized carbons (Fsp3) is 0.550. The molecule has 7 atom stereocenters. The standard InChI is InChI=1S/C20H22N2O2/c1-3-10-9-22-13-7-11(10)16-14(22)8-20(19(16)23)12-5-4-6-15(24-2)17(12)21-18(13)20/h3-6,11,13-14,16,18,21H,7-9H2,1-2H3/b10-3-/t11-,13-,14-,16-,18-,20+/m0/s1. The van der Waals surface area contributed by atoms with Gasteiger partial charge in [-0.05, 0) is 37.3 Å². The second-order valence-electron chi connectivity index (χ2n) is 8.08. The van der Waals surface area contributed by atoms with Crippen molar-refractivity contribution < 1.29 is 9.53 Å². The number of benzene rings is 1. The number of hydrogen-bond acceptors (Lipinski definition) is 4. The van der Waals surface area contributed by atoms with Gasteiger partial charge in [0.25, 0.3) is 0 Å². The third kappa shape index (κ3) is 1.19. The number of allylic oxidation sites excluding steroid dienone is 1. The van der Waals surface area contributed by atoms with Crippen molar-refractivity contribution in [1.29, 1.82) is 0 Å². The lowest BCUT2D eigenvalue weighted by molar-refractivity contribution is -0.126. The number of nitrogens with zero attached hydrogens (tertiary/aromatic N) is 1.